The van der Waals surface area contributed by atoms with Crippen LogP contribution in [0.5, 0.6) is 0 Å². The molecule has 1 rings (SSSR count). The molecule has 1 saturated heterocycles. The van der Waals surface area contributed by atoms with Gasteiger partial charge in [0.05, 0.1) is 27.2 Å². The van der Waals surface area contributed by atoms with Crippen LogP contribution in [0.15, 0.2) is 0 Å². The van der Waals surface area contributed by atoms with Gasteiger partial charge < -0.3 is 10.2 Å². The Kier molecular flexibility index (Phi) is 4.36. The average molecular weight is 227 g/mol. The summed E-state index contributed by atoms with van der Waals surface area (Å²) in [4.78, 5) is 11.0. The molecule has 3 nitrogen and oxygen atoms in total. The molecule has 0 aromatic heterocycles. The molecule has 0 saturated carbocycles. The van der Waals surface area contributed by atoms with Crippen molar-refractivity contribution < 1.29 is 9.28 Å². The highest BCUT2D eigenvalue weighted by atomic mass is 16.1. The number of nitrogens with zero attached hydrogens (tertiary/aromatic N) is 1. The molecule has 0 aromatic rings. The second-order valence-electron chi connectivity index (χ2n) is 6.11. The van der Waals surface area contributed by atoms with Crippen molar-refractivity contribution in [2.24, 2.45) is 23.5 Å². The van der Waals surface area contributed by atoms with E-state index < -0.39 is 0 Å². The lowest BCUT2D eigenvalue weighted by molar-refractivity contribution is -0.880. The molecular formula is C13H27N2O+. The lowest BCUT2D eigenvalue weighted by Gasteiger charge is -2.23. The topological polar surface area (TPSA) is 43.1 Å². The van der Waals surface area contributed by atoms with Gasteiger partial charge in [-0.15, -0.1) is 0 Å². The number of nitrogens with two attached hydrogens (primary N) is 1. The van der Waals surface area contributed by atoms with Crippen LogP contribution in [0.25, 0.3) is 0 Å². The molecule has 1 aliphatic heterocycles. The zero-order valence-corrected chi connectivity index (χ0v) is 11.2. The van der Waals surface area contributed by atoms with Crippen molar-refractivity contribution in [3.05, 3.63) is 0 Å². The highest BCUT2D eigenvalue weighted by molar-refractivity contribution is 5.76. The predicted molar refractivity (Wildman–Crippen MR) is 66.7 cm³/mol. The second-order valence-corrected chi connectivity index (χ2v) is 6.11. The van der Waals surface area contributed by atoms with Crippen LogP contribution in [0.2, 0.25) is 0 Å². The Morgan fingerprint density at radius 1 is 1.38 bits per heavy atom. The van der Waals surface area contributed by atoms with Crippen molar-refractivity contribution in [3.8, 4) is 0 Å². The third kappa shape index (κ3) is 3.48. The standard InChI is InChI=1S/C13H26N2O/c1-5-11-8-15(3,4)9-12(11)7-6-10(2)13(14)16/h10-12H,5-9H2,1-4H3,(H-,14,16)/p+1. The SMILES string of the molecule is CCC1C[N+](C)(C)CC1CCC(C)C(N)=O. The first kappa shape index (κ1) is 13.5. The summed E-state index contributed by atoms with van der Waals surface area (Å²) in [5.74, 6) is 1.49. The van der Waals surface area contributed by atoms with Crippen LogP contribution in [0.1, 0.15) is 33.1 Å². The average Bonchev–Trinajstić information content (AvgIpc) is 2.49. The first-order valence-electron chi connectivity index (χ1n) is 6.47. The summed E-state index contributed by atoms with van der Waals surface area (Å²) in [5, 5.41) is 0. The van der Waals surface area contributed by atoms with Gasteiger partial charge in [-0.1, -0.05) is 13.8 Å². The molecule has 3 heteroatoms. The number of likely N-dealkylation sites (tertiary alicyclic amines) is 1. The number of amides is 1. The molecule has 0 spiro atoms. The molecular weight excluding hydrogens is 200 g/mol. The van der Waals surface area contributed by atoms with E-state index in [2.05, 4.69) is 21.0 Å². The van der Waals surface area contributed by atoms with Crippen molar-refractivity contribution in [2.45, 2.75) is 33.1 Å². The number of hydrogen-bond acceptors (Lipinski definition) is 1. The predicted octanol–water partition coefficient (Wildman–Crippen LogP) is 1.62. The van der Waals surface area contributed by atoms with E-state index in [1.54, 1.807) is 0 Å². The molecule has 1 heterocycles. The minimum atomic E-state index is -0.153. The van der Waals surface area contributed by atoms with Crippen molar-refractivity contribution in [1.82, 2.24) is 0 Å². The highest BCUT2D eigenvalue weighted by Gasteiger charge is 2.38. The van der Waals surface area contributed by atoms with Crippen molar-refractivity contribution in [3.63, 3.8) is 0 Å². The summed E-state index contributed by atoms with van der Waals surface area (Å²) in [5.41, 5.74) is 5.30. The Balaban J connectivity index is 2.44. The first-order valence-corrected chi connectivity index (χ1v) is 6.47. The zero-order chi connectivity index (χ0) is 12.3. The van der Waals surface area contributed by atoms with E-state index >= 15 is 0 Å². The molecule has 0 aliphatic carbocycles. The number of quaternary nitrogens is 1. The highest BCUT2D eigenvalue weighted by Crippen LogP contribution is 2.33. The summed E-state index contributed by atoms with van der Waals surface area (Å²) >= 11 is 0. The van der Waals surface area contributed by atoms with Crippen molar-refractivity contribution in [1.29, 1.82) is 0 Å². The van der Waals surface area contributed by atoms with Crippen LogP contribution in [0.3, 0.4) is 0 Å². The Morgan fingerprint density at radius 3 is 2.44 bits per heavy atom. The molecule has 3 atom stereocenters. The van der Waals surface area contributed by atoms with Gasteiger partial charge in [0.1, 0.15) is 0 Å². The van der Waals surface area contributed by atoms with Crippen LogP contribution in [0.4, 0.5) is 0 Å². The third-order valence-electron chi connectivity index (χ3n) is 4.10. The van der Waals surface area contributed by atoms with Crippen molar-refractivity contribution in [2.75, 3.05) is 27.2 Å². The number of carbonyl (C=O) groups is 1. The molecule has 1 fully saturated rings. The minimum absolute atomic E-state index is 0.0359. The summed E-state index contributed by atoms with van der Waals surface area (Å²) in [6.07, 6.45) is 3.37. The summed E-state index contributed by atoms with van der Waals surface area (Å²) < 4.78 is 1.13. The van der Waals surface area contributed by atoms with Gasteiger partial charge in [-0.3, -0.25) is 4.79 Å². The van der Waals surface area contributed by atoms with E-state index in [9.17, 15) is 4.79 Å². The lowest BCUT2D eigenvalue weighted by atomic mass is 9.87. The van der Waals surface area contributed by atoms with E-state index in [0.717, 1.165) is 29.2 Å². The molecule has 0 radical (unpaired) electrons. The summed E-state index contributed by atoms with van der Waals surface area (Å²) in [7, 11) is 4.61. The molecule has 3 unspecified atom stereocenters. The summed E-state index contributed by atoms with van der Waals surface area (Å²) in [6.45, 7) is 6.76. The van der Waals surface area contributed by atoms with Crippen LogP contribution < -0.4 is 5.73 Å². The third-order valence-corrected chi connectivity index (χ3v) is 4.10. The smallest absolute Gasteiger partial charge is 0.220 e. The minimum Gasteiger partial charge on any atom is -0.369 e. The van der Waals surface area contributed by atoms with E-state index in [0.29, 0.717) is 0 Å². The maximum absolute atomic E-state index is 11.0. The fourth-order valence-electron chi connectivity index (χ4n) is 3.04. The van der Waals surface area contributed by atoms with Gasteiger partial charge in [0.2, 0.25) is 5.91 Å². The monoisotopic (exact) mass is 227 g/mol. The van der Waals surface area contributed by atoms with E-state index in [-0.39, 0.29) is 11.8 Å². The number of hydrogen-bond donors (Lipinski definition) is 1. The molecule has 94 valence electrons. The van der Waals surface area contributed by atoms with Gasteiger partial charge in [0.25, 0.3) is 0 Å². The maximum Gasteiger partial charge on any atom is 0.220 e. The normalized spacial score (nSPS) is 30.2. The molecule has 2 N–H and O–H groups in total. The van der Waals surface area contributed by atoms with E-state index in [4.69, 9.17) is 5.73 Å². The van der Waals surface area contributed by atoms with E-state index in [1.807, 2.05) is 6.92 Å². The molecule has 0 aromatic carbocycles. The number of rotatable bonds is 5. The Labute approximate surface area is 99.6 Å². The number of primary amides is 1. The fraction of sp³-hybridized carbons (Fsp3) is 0.923. The van der Waals surface area contributed by atoms with Gasteiger partial charge in [-0.25, -0.2) is 0 Å². The Morgan fingerprint density at radius 2 is 1.94 bits per heavy atom. The van der Waals surface area contributed by atoms with Crippen LogP contribution in [0, 0.1) is 17.8 Å². The number of carbonyl (C=O) groups excluding carboxylic acids is 1. The van der Waals surface area contributed by atoms with Crippen LogP contribution >= 0.6 is 0 Å². The van der Waals surface area contributed by atoms with Gasteiger partial charge in [0, 0.05) is 17.8 Å². The Hall–Kier alpha value is -0.570. The van der Waals surface area contributed by atoms with Crippen LogP contribution in [-0.2, 0) is 4.79 Å². The van der Waals surface area contributed by atoms with Crippen LogP contribution in [-0.4, -0.2) is 37.6 Å². The molecule has 1 aliphatic rings. The van der Waals surface area contributed by atoms with Gasteiger partial charge in [-0.2, -0.15) is 0 Å². The second kappa shape index (κ2) is 5.17. The molecule has 16 heavy (non-hydrogen) atoms. The van der Waals surface area contributed by atoms with Gasteiger partial charge in [0.15, 0.2) is 0 Å². The molecule has 0 bridgehead atoms. The van der Waals surface area contributed by atoms with Crippen molar-refractivity contribution >= 4 is 5.91 Å². The quantitative estimate of drug-likeness (QED) is 0.713. The van der Waals surface area contributed by atoms with Gasteiger partial charge >= 0.3 is 0 Å². The van der Waals surface area contributed by atoms with Gasteiger partial charge in [-0.05, 0) is 19.3 Å². The zero-order valence-electron chi connectivity index (χ0n) is 11.2. The Bertz CT molecular complexity index is 250. The summed E-state index contributed by atoms with van der Waals surface area (Å²) in [6, 6.07) is 0. The molecule has 1 amide bonds. The largest absolute Gasteiger partial charge is 0.369 e. The van der Waals surface area contributed by atoms with E-state index in [1.165, 1.54) is 19.5 Å². The maximum atomic E-state index is 11.0. The fourth-order valence-corrected chi connectivity index (χ4v) is 3.04. The lowest BCUT2D eigenvalue weighted by Crippen LogP contribution is -2.37. The first-order chi connectivity index (χ1) is 7.35.